The van der Waals surface area contributed by atoms with Crippen molar-refractivity contribution >= 4 is 38.9 Å². The summed E-state index contributed by atoms with van der Waals surface area (Å²) in [6.45, 7) is 2.01. The first-order valence-corrected chi connectivity index (χ1v) is 6.50. The zero-order valence-corrected chi connectivity index (χ0v) is 12.0. The average molecular weight is 320 g/mol. The van der Waals surface area contributed by atoms with Gasteiger partial charge in [0.25, 0.3) is 5.91 Å². The number of benzene rings is 2. The van der Waals surface area contributed by atoms with E-state index in [9.17, 15) is 4.79 Å². The van der Waals surface area contributed by atoms with Crippen molar-refractivity contribution in [3.05, 3.63) is 52.0 Å². The van der Waals surface area contributed by atoms with Gasteiger partial charge in [-0.25, -0.2) is 0 Å². The second-order valence-electron chi connectivity index (χ2n) is 4.23. The van der Waals surface area contributed by atoms with Gasteiger partial charge in [-0.2, -0.15) is 0 Å². The highest BCUT2D eigenvalue weighted by Gasteiger charge is 2.08. The van der Waals surface area contributed by atoms with E-state index in [0.29, 0.717) is 11.3 Å². The third-order valence-electron chi connectivity index (χ3n) is 2.79. The van der Waals surface area contributed by atoms with Gasteiger partial charge >= 0.3 is 0 Å². The number of halogens is 1. The Morgan fingerprint density at radius 1 is 1.26 bits per heavy atom. The molecule has 0 aliphatic rings. The molecule has 1 amide bonds. The number of aryl methyl sites for hydroxylation is 1. The summed E-state index contributed by atoms with van der Waals surface area (Å²) >= 11 is 3.52. The van der Waals surface area contributed by atoms with Crippen LogP contribution in [0.2, 0.25) is 0 Å². The summed E-state index contributed by atoms with van der Waals surface area (Å²) in [6.07, 6.45) is 0. The maximum Gasteiger partial charge on any atom is 0.250 e. The van der Waals surface area contributed by atoms with Crippen LogP contribution in [0.1, 0.15) is 15.9 Å². The third-order valence-corrected chi connectivity index (χ3v) is 3.84. The number of amides is 1. The Morgan fingerprint density at radius 2 is 2.00 bits per heavy atom. The molecule has 0 bridgehead atoms. The lowest BCUT2D eigenvalue weighted by atomic mass is 10.1. The Kier molecular flexibility index (Phi) is 3.76. The summed E-state index contributed by atoms with van der Waals surface area (Å²) in [5, 5.41) is 3.23. The molecule has 0 spiro atoms. The Balaban J connectivity index is 2.36. The highest BCUT2D eigenvalue weighted by molar-refractivity contribution is 9.10. The second kappa shape index (κ2) is 5.32. The lowest BCUT2D eigenvalue weighted by molar-refractivity contribution is 0.100. The zero-order valence-electron chi connectivity index (χ0n) is 10.4. The van der Waals surface area contributed by atoms with Crippen LogP contribution in [-0.2, 0) is 0 Å². The highest BCUT2D eigenvalue weighted by Crippen LogP contribution is 2.29. The molecule has 0 unspecified atom stereocenters. The summed E-state index contributed by atoms with van der Waals surface area (Å²) < 4.78 is 0.979. The van der Waals surface area contributed by atoms with E-state index in [4.69, 9.17) is 11.5 Å². The number of carbonyl (C=O) groups excluding carboxylic acids is 1. The third kappa shape index (κ3) is 2.88. The molecule has 0 aromatic heterocycles. The largest absolute Gasteiger partial charge is 0.398 e. The number of carbonyl (C=O) groups is 1. The van der Waals surface area contributed by atoms with E-state index >= 15 is 0 Å². The predicted octanol–water partition coefficient (Wildman–Crippen LogP) is 3.18. The van der Waals surface area contributed by atoms with Crippen LogP contribution in [0.5, 0.6) is 0 Å². The number of nitrogen functional groups attached to an aromatic ring is 1. The smallest absolute Gasteiger partial charge is 0.250 e. The van der Waals surface area contributed by atoms with Crippen molar-refractivity contribution < 1.29 is 4.79 Å². The van der Waals surface area contributed by atoms with Gasteiger partial charge in [-0.05, 0) is 52.7 Å². The summed E-state index contributed by atoms with van der Waals surface area (Å²) in [6, 6.07) is 11.0. The van der Waals surface area contributed by atoms with Gasteiger partial charge in [-0.1, -0.05) is 12.1 Å². The van der Waals surface area contributed by atoms with Crippen LogP contribution in [0, 0.1) is 6.92 Å². The van der Waals surface area contributed by atoms with Crippen molar-refractivity contribution in [3.8, 4) is 0 Å². The molecule has 0 heterocycles. The van der Waals surface area contributed by atoms with Crippen LogP contribution in [0.3, 0.4) is 0 Å². The number of hydrogen-bond acceptors (Lipinski definition) is 3. The summed E-state index contributed by atoms with van der Waals surface area (Å²) in [5.41, 5.74) is 14.5. The molecule has 19 heavy (non-hydrogen) atoms. The normalized spacial score (nSPS) is 10.2. The quantitative estimate of drug-likeness (QED) is 0.760. The molecule has 2 aromatic carbocycles. The minimum atomic E-state index is -0.538. The van der Waals surface area contributed by atoms with Crippen molar-refractivity contribution in [2.75, 3.05) is 11.1 Å². The number of hydrogen-bond donors (Lipinski definition) is 3. The monoisotopic (exact) mass is 319 g/mol. The van der Waals surface area contributed by atoms with Crippen LogP contribution in [0.25, 0.3) is 0 Å². The first kappa shape index (κ1) is 13.4. The predicted molar refractivity (Wildman–Crippen MR) is 81.5 cm³/mol. The second-order valence-corrected chi connectivity index (χ2v) is 5.02. The number of nitrogens with one attached hydrogen (secondary N) is 1. The first-order valence-electron chi connectivity index (χ1n) is 5.70. The van der Waals surface area contributed by atoms with Gasteiger partial charge in [0.1, 0.15) is 0 Å². The van der Waals surface area contributed by atoms with Crippen molar-refractivity contribution in [1.29, 1.82) is 0 Å². The van der Waals surface area contributed by atoms with Gasteiger partial charge < -0.3 is 16.8 Å². The van der Waals surface area contributed by atoms with Crippen LogP contribution in [-0.4, -0.2) is 5.91 Å². The van der Waals surface area contributed by atoms with Gasteiger partial charge in [0.05, 0.1) is 11.3 Å². The SMILES string of the molecule is Cc1cccc(Nc2ccc(N)c(C(N)=O)c2)c1Br. The van der Waals surface area contributed by atoms with E-state index in [0.717, 1.165) is 21.4 Å². The molecule has 2 rings (SSSR count). The Morgan fingerprint density at radius 3 is 2.68 bits per heavy atom. The number of primary amides is 1. The van der Waals surface area contributed by atoms with E-state index in [1.165, 1.54) is 0 Å². The van der Waals surface area contributed by atoms with Crippen molar-refractivity contribution in [2.45, 2.75) is 6.92 Å². The average Bonchev–Trinajstić information content (AvgIpc) is 2.37. The van der Waals surface area contributed by atoms with E-state index < -0.39 is 5.91 Å². The molecular formula is C14H14BrN3O. The maximum absolute atomic E-state index is 11.3. The zero-order chi connectivity index (χ0) is 14.0. The summed E-state index contributed by atoms with van der Waals surface area (Å²) in [5.74, 6) is -0.538. The Bertz CT molecular complexity index is 641. The van der Waals surface area contributed by atoms with Gasteiger partial charge in [0, 0.05) is 15.8 Å². The lowest BCUT2D eigenvalue weighted by Crippen LogP contribution is -2.13. The van der Waals surface area contributed by atoms with Gasteiger partial charge in [-0.3, -0.25) is 4.79 Å². The van der Waals surface area contributed by atoms with E-state index in [1.54, 1.807) is 18.2 Å². The number of rotatable bonds is 3. The molecule has 5 heteroatoms. The molecule has 0 saturated carbocycles. The fourth-order valence-corrected chi connectivity index (χ4v) is 2.11. The number of nitrogens with two attached hydrogens (primary N) is 2. The highest BCUT2D eigenvalue weighted by atomic mass is 79.9. The van der Waals surface area contributed by atoms with Gasteiger partial charge in [0.15, 0.2) is 0 Å². The van der Waals surface area contributed by atoms with Crippen LogP contribution in [0.4, 0.5) is 17.1 Å². The fraction of sp³-hybridized carbons (Fsp3) is 0.0714. The van der Waals surface area contributed by atoms with Crippen molar-refractivity contribution in [2.24, 2.45) is 5.73 Å². The Hall–Kier alpha value is -2.01. The molecule has 0 saturated heterocycles. The summed E-state index contributed by atoms with van der Waals surface area (Å²) in [7, 11) is 0. The van der Waals surface area contributed by atoms with E-state index in [-0.39, 0.29) is 0 Å². The number of anilines is 3. The maximum atomic E-state index is 11.3. The van der Waals surface area contributed by atoms with Crippen LogP contribution in [0.15, 0.2) is 40.9 Å². The summed E-state index contributed by atoms with van der Waals surface area (Å²) in [4.78, 5) is 11.3. The molecule has 0 aliphatic heterocycles. The molecular weight excluding hydrogens is 306 g/mol. The van der Waals surface area contributed by atoms with Crippen LogP contribution < -0.4 is 16.8 Å². The van der Waals surface area contributed by atoms with Gasteiger partial charge in [0.2, 0.25) is 0 Å². The lowest BCUT2D eigenvalue weighted by Gasteiger charge is -2.12. The topological polar surface area (TPSA) is 81.1 Å². The molecule has 5 N–H and O–H groups in total. The molecule has 0 atom stereocenters. The molecule has 2 aromatic rings. The van der Waals surface area contributed by atoms with Crippen LogP contribution >= 0.6 is 15.9 Å². The molecule has 0 aliphatic carbocycles. The molecule has 0 radical (unpaired) electrons. The standard InChI is InChI=1S/C14H14BrN3O/c1-8-3-2-4-12(13(8)15)18-9-5-6-11(16)10(7-9)14(17)19/h2-7,18H,16H2,1H3,(H2,17,19). The molecule has 98 valence electrons. The molecule has 4 nitrogen and oxygen atoms in total. The van der Waals surface area contributed by atoms with Crippen molar-refractivity contribution in [3.63, 3.8) is 0 Å². The molecule has 0 fully saturated rings. The first-order chi connectivity index (χ1) is 8.99. The van der Waals surface area contributed by atoms with Gasteiger partial charge in [-0.15, -0.1) is 0 Å². The minimum Gasteiger partial charge on any atom is -0.398 e. The minimum absolute atomic E-state index is 0.314. The van der Waals surface area contributed by atoms with E-state index in [1.807, 2.05) is 25.1 Å². The van der Waals surface area contributed by atoms with E-state index in [2.05, 4.69) is 21.2 Å². The Labute approximate surface area is 119 Å². The van der Waals surface area contributed by atoms with Crippen molar-refractivity contribution in [1.82, 2.24) is 0 Å². The fourth-order valence-electron chi connectivity index (χ4n) is 1.75.